The Kier molecular flexibility index (Phi) is 4.91. The molecule has 1 N–H and O–H groups in total. The van der Waals surface area contributed by atoms with Gasteiger partial charge in [0.1, 0.15) is 5.82 Å². The molecule has 0 aromatic heterocycles. The van der Waals surface area contributed by atoms with Gasteiger partial charge in [0, 0.05) is 18.2 Å². The quantitative estimate of drug-likeness (QED) is 0.841. The van der Waals surface area contributed by atoms with Crippen LogP contribution in [0.15, 0.2) is 42.5 Å². The van der Waals surface area contributed by atoms with E-state index in [9.17, 15) is 4.39 Å². The van der Waals surface area contributed by atoms with Gasteiger partial charge in [0.05, 0.1) is 0 Å². The van der Waals surface area contributed by atoms with Gasteiger partial charge in [-0.15, -0.1) is 0 Å². The van der Waals surface area contributed by atoms with Crippen molar-refractivity contribution in [3.63, 3.8) is 0 Å². The molecule has 0 bridgehead atoms. The Bertz CT molecular complexity index is 575. The van der Waals surface area contributed by atoms with E-state index >= 15 is 0 Å². The third-order valence-electron chi connectivity index (χ3n) is 3.39. The highest BCUT2D eigenvalue weighted by Crippen LogP contribution is 2.24. The van der Waals surface area contributed by atoms with Gasteiger partial charge in [-0.2, -0.15) is 0 Å². The lowest BCUT2D eigenvalue weighted by Crippen LogP contribution is -2.21. The molecule has 0 aliphatic carbocycles. The average Bonchev–Trinajstić information content (AvgIpc) is 2.45. The summed E-state index contributed by atoms with van der Waals surface area (Å²) >= 11 is 0. The van der Waals surface area contributed by atoms with Crippen molar-refractivity contribution in [1.29, 1.82) is 0 Å². The van der Waals surface area contributed by atoms with Crippen LogP contribution in [0.25, 0.3) is 11.1 Å². The molecule has 2 heteroatoms. The fourth-order valence-electron chi connectivity index (χ4n) is 2.18. The maximum absolute atomic E-state index is 14.3. The number of halogens is 1. The molecule has 0 unspecified atom stereocenters. The van der Waals surface area contributed by atoms with Crippen molar-refractivity contribution in [2.24, 2.45) is 0 Å². The van der Waals surface area contributed by atoms with E-state index in [1.165, 1.54) is 5.56 Å². The number of hydrogen-bond acceptors (Lipinski definition) is 1. The summed E-state index contributed by atoms with van der Waals surface area (Å²) in [6, 6.07) is 14.0. The number of aryl methyl sites for hydroxylation is 1. The molecule has 0 spiro atoms. The zero-order chi connectivity index (χ0) is 14.5. The topological polar surface area (TPSA) is 12.0 Å². The van der Waals surface area contributed by atoms with Gasteiger partial charge in [0.2, 0.25) is 0 Å². The van der Waals surface area contributed by atoms with Crippen molar-refractivity contribution in [3.8, 4) is 11.1 Å². The first kappa shape index (κ1) is 14.7. The van der Waals surface area contributed by atoms with Crippen molar-refractivity contribution in [2.45, 2.75) is 39.8 Å². The molecule has 0 atom stereocenters. The van der Waals surface area contributed by atoms with Crippen LogP contribution in [0, 0.1) is 5.82 Å². The standard InChI is InChI=1S/C18H22FN/c1-4-14-6-5-7-16(10-14)17-9-8-15(11-18(17)19)12-20-13(2)3/h5-11,13,20H,4,12H2,1-3H3. The fraction of sp³-hybridized carbons (Fsp3) is 0.333. The first-order chi connectivity index (χ1) is 9.60. The molecule has 2 aromatic rings. The van der Waals surface area contributed by atoms with Gasteiger partial charge < -0.3 is 5.32 Å². The van der Waals surface area contributed by atoms with E-state index in [0.29, 0.717) is 18.2 Å². The molecule has 0 fully saturated rings. The highest BCUT2D eigenvalue weighted by atomic mass is 19.1. The largest absolute Gasteiger partial charge is 0.310 e. The predicted octanol–water partition coefficient (Wildman–Crippen LogP) is 4.55. The molecule has 0 aliphatic rings. The predicted molar refractivity (Wildman–Crippen MR) is 83.2 cm³/mol. The van der Waals surface area contributed by atoms with E-state index in [1.54, 1.807) is 6.07 Å². The molecule has 2 aromatic carbocycles. The van der Waals surface area contributed by atoms with Crippen LogP contribution in [0.3, 0.4) is 0 Å². The molecule has 0 amide bonds. The van der Waals surface area contributed by atoms with E-state index in [4.69, 9.17) is 0 Å². The monoisotopic (exact) mass is 271 g/mol. The third-order valence-corrected chi connectivity index (χ3v) is 3.39. The van der Waals surface area contributed by atoms with Crippen LogP contribution in [0.5, 0.6) is 0 Å². The van der Waals surface area contributed by atoms with Crippen molar-refractivity contribution in [1.82, 2.24) is 5.32 Å². The van der Waals surface area contributed by atoms with Crippen molar-refractivity contribution in [2.75, 3.05) is 0 Å². The van der Waals surface area contributed by atoms with Crippen LogP contribution in [0.1, 0.15) is 31.9 Å². The van der Waals surface area contributed by atoms with E-state index in [-0.39, 0.29) is 5.82 Å². The second kappa shape index (κ2) is 6.67. The van der Waals surface area contributed by atoms with Gasteiger partial charge in [-0.25, -0.2) is 4.39 Å². The minimum atomic E-state index is -0.152. The van der Waals surface area contributed by atoms with E-state index < -0.39 is 0 Å². The molecule has 0 radical (unpaired) electrons. The van der Waals surface area contributed by atoms with Crippen LogP contribution >= 0.6 is 0 Å². The third kappa shape index (κ3) is 3.67. The zero-order valence-corrected chi connectivity index (χ0v) is 12.4. The molecule has 0 heterocycles. The molecule has 0 saturated carbocycles. The molecule has 0 saturated heterocycles. The fourth-order valence-corrected chi connectivity index (χ4v) is 2.18. The minimum Gasteiger partial charge on any atom is -0.310 e. The number of hydrogen-bond donors (Lipinski definition) is 1. The Morgan fingerprint density at radius 3 is 2.50 bits per heavy atom. The Morgan fingerprint density at radius 2 is 1.85 bits per heavy atom. The Hall–Kier alpha value is -1.67. The summed E-state index contributed by atoms with van der Waals surface area (Å²) in [5.41, 5.74) is 3.83. The van der Waals surface area contributed by atoms with Crippen LogP contribution in [0.2, 0.25) is 0 Å². The van der Waals surface area contributed by atoms with E-state index in [1.807, 2.05) is 24.3 Å². The molecular weight excluding hydrogens is 249 g/mol. The molecular formula is C18H22FN. The van der Waals surface area contributed by atoms with Gasteiger partial charge in [-0.1, -0.05) is 57.2 Å². The number of rotatable bonds is 5. The normalized spacial score (nSPS) is 11.1. The highest BCUT2D eigenvalue weighted by molar-refractivity contribution is 5.65. The van der Waals surface area contributed by atoms with Crippen LogP contribution in [-0.4, -0.2) is 6.04 Å². The summed E-state index contributed by atoms with van der Waals surface area (Å²) in [7, 11) is 0. The summed E-state index contributed by atoms with van der Waals surface area (Å²) in [6.45, 7) is 6.97. The SMILES string of the molecule is CCc1cccc(-c2ccc(CNC(C)C)cc2F)c1. The molecule has 1 nitrogen and oxygen atoms in total. The van der Waals surface area contributed by atoms with Crippen molar-refractivity contribution < 1.29 is 4.39 Å². The smallest absolute Gasteiger partial charge is 0.131 e. The molecule has 20 heavy (non-hydrogen) atoms. The van der Waals surface area contributed by atoms with E-state index in [2.05, 4.69) is 38.2 Å². The van der Waals surface area contributed by atoms with Gasteiger partial charge in [0.25, 0.3) is 0 Å². The van der Waals surface area contributed by atoms with Crippen LogP contribution < -0.4 is 5.32 Å². The lowest BCUT2D eigenvalue weighted by atomic mass is 10.0. The summed E-state index contributed by atoms with van der Waals surface area (Å²) in [5.74, 6) is -0.152. The number of benzene rings is 2. The Balaban J connectivity index is 2.24. The second-order valence-electron chi connectivity index (χ2n) is 5.40. The molecule has 2 rings (SSSR count). The summed E-state index contributed by atoms with van der Waals surface area (Å²) in [6.07, 6.45) is 0.964. The summed E-state index contributed by atoms with van der Waals surface area (Å²) in [4.78, 5) is 0. The van der Waals surface area contributed by atoms with Gasteiger partial charge in [-0.05, 0) is 29.2 Å². The average molecular weight is 271 g/mol. The Morgan fingerprint density at radius 1 is 1.05 bits per heavy atom. The molecule has 0 aliphatic heterocycles. The first-order valence-electron chi connectivity index (χ1n) is 7.21. The van der Waals surface area contributed by atoms with Gasteiger partial charge in [-0.3, -0.25) is 0 Å². The summed E-state index contributed by atoms with van der Waals surface area (Å²) in [5, 5.41) is 3.30. The van der Waals surface area contributed by atoms with Crippen molar-refractivity contribution in [3.05, 3.63) is 59.4 Å². The van der Waals surface area contributed by atoms with E-state index in [0.717, 1.165) is 17.5 Å². The minimum absolute atomic E-state index is 0.152. The van der Waals surface area contributed by atoms with Gasteiger partial charge in [0.15, 0.2) is 0 Å². The lowest BCUT2D eigenvalue weighted by molar-refractivity contribution is 0.582. The summed E-state index contributed by atoms with van der Waals surface area (Å²) < 4.78 is 14.3. The lowest BCUT2D eigenvalue weighted by Gasteiger charge is -2.10. The first-order valence-corrected chi connectivity index (χ1v) is 7.21. The number of nitrogens with one attached hydrogen (secondary N) is 1. The van der Waals surface area contributed by atoms with Crippen LogP contribution in [-0.2, 0) is 13.0 Å². The maximum atomic E-state index is 14.3. The van der Waals surface area contributed by atoms with Crippen LogP contribution in [0.4, 0.5) is 4.39 Å². The zero-order valence-electron chi connectivity index (χ0n) is 12.4. The van der Waals surface area contributed by atoms with Crippen molar-refractivity contribution >= 4 is 0 Å². The highest BCUT2D eigenvalue weighted by Gasteiger charge is 2.07. The molecule has 106 valence electrons. The second-order valence-corrected chi connectivity index (χ2v) is 5.40. The van der Waals surface area contributed by atoms with Gasteiger partial charge >= 0.3 is 0 Å². The Labute approximate surface area is 120 Å². The maximum Gasteiger partial charge on any atom is 0.131 e.